The molecular formula is C11H11ClF2. The van der Waals surface area contributed by atoms with Crippen LogP contribution >= 0.6 is 11.6 Å². The van der Waals surface area contributed by atoms with Crippen LogP contribution in [-0.2, 0) is 6.42 Å². The zero-order chi connectivity index (χ0) is 10.4. The molecule has 0 saturated carbocycles. The summed E-state index contributed by atoms with van der Waals surface area (Å²) in [4.78, 5) is 0. The molecule has 0 aliphatic carbocycles. The van der Waals surface area contributed by atoms with Crippen molar-refractivity contribution >= 4 is 11.6 Å². The van der Waals surface area contributed by atoms with Gasteiger partial charge in [0.2, 0.25) is 0 Å². The Morgan fingerprint density at radius 3 is 2.64 bits per heavy atom. The quantitative estimate of drug-likeness (QED) is 0.532. The van der Waals surface area contributed by atoms with Gasteiger partial charge in [-0.1, -0.05) is 18.2 Å². The Morgan fingerprint density at radius 2 is 2.00 bits per heavy atom. The van der Waals surface area contributed by atoms with E-state index < -0.39 is 11.6 Å². The molecule has 0 saturated heterocycles. The molecule has 0 atom stereocenters. The summed E-state index contributed by atoms with van der Waals surface area (Å²) in [5.41, 5.74) is 0.497. The smallest absolute Gasteiger partial charge is 0.129 e. The molecule has 0 aliphatic heterocycles. The first-order valence-corrected chi connectivity index (χ1v) is 4.92. The van der Waals surface area contributed by atoms with Crippen molar-refractivity contribution in [3.05, 3.63) is 47.5 Å². The van der Waals surface area contributed by atoms with Gasteiger partial charge in [0.1, 0.15) is 11.6 Å². The average molecular weight is 217 g/mol. The molecule has 0 fully saturated rings. The van der Waals surface area contributed by atoms with E-state index in [-0.39, 0.29) is 0 Å². The molecule has 0 aromatic heterocycles. The standard InChI is InChI=1S/C11H11ClF2/c12-7-3-1-2-4-9-5-6-10(13)8-11(9)14/h1-2,5-6,8H,3-4,7H2. The summed E-state index contributed by atoms with van der Waals surface area (Å²) in [5.74, 6) is -0.487. The van der Waals surface area contributed by atoms with E-state index >= 15 is 0 Å². The Labute approximate surface area is 87.2 Å². The van der Waals surface area contributed by atoms with E-state index in [1.165, 1.54) is 12.1 Å². The molecule has 0 spiro atoms. The van der Waals surface area contributed by atoms with Crippen LogP contribution in [0.15, 0.2) is 30.4 Å². The lowest BCUT2D eigenvalue weighted by Gasteiger charge is -1.98. The van der Waals surface area contributed by atoms with Crippen LogP contribution in [0.25, 0.3) is 0 Å². The minimum absolute atomic E-state index is 0.475. The second kappa shape index (κ2) is 5.76. The molecule has 1 aromatic carbocycles. The van der Waals surface area contributed by atoms with Crippen molar-refractivity contribution < 1.29 is 8.78 Å². The molecule has 0 heterocycles. The molecule has 3 heteroatoms. The van der Waals surface area contributed by atoms with Crippen molar-refractivity contribution in [3.8, 4) is 0 Å². The fraction of sp³-hybridized carbons (Fsp3) is 0.273. The first-order valence-electron chi connectivity index (χ1n) is 4.39. The second-order valence-electron chi connectivity index (χ2n) is 2.89. The Balaban J connectivity index is 2.59. The number of rotatable bonds is 4. The van der Waals surface area contributed by atoms with Crippen LogP contribution in [0.5, 0.6) is 0 Å². The third kappa shape index (κ3) is 3.46. The van der Waals surface area contributed by atoms with E-state index in [9.17, 15) is 8.78 Å². The summed E-state index contributed by atoms with van der Waals surface area (Å²) in [6.07, 6.45) is 4.96. The lowest BCUT2D eigenvalue weighted by molar-refractivity contribution is 0.575. The Bertz CT molecular complexity index is 321. The van der Waals surface area contributed by atoms with Gasteiger partial charge in [0.05, 0.1) is 0 Å². The van der Waals surface area contributed by atoms with Gasteiger partial charge in [-0.15, -0.1) is 11.6 Å². The molecule has 0 N–H and O–H groups in total. The molecule has 76 valence electrons. The molecule has 0 aliphatic rings. The normalized spacial score (nSPS) is 11.1. The molecule has 0 amide bonds. The molecule has 0 unspecified atom stereocenters. The van der Waals surface area contributed by atoms with E-state index in [0.717, 1.165) is 12.5 Å². The zero-order valence-corrected chi connectivity index (χ0v) is 8.40. The number of halogens is 3. The van der Waals surface area contributed by atoms with Gasteiger partial charge in [-0.2, -0.15) is 0 Å². The Kier molecular flexibility index (Phi) is 4.60. The second-order valence-corrected chi connectivity index (χ2v) is 3.27. The van der Waals surface area contributed by atoms with Crippen LogP contribution in [-0.4, -0.2) is 5.88 Å². The minimum Gasteiger partial charge on any atom is -0.207 e. The highest BCUT2D eigenvalue weighted by Gasteiger charge is 2.00. The van der Waals surface area contributed by atoms with Gasteiger partial charge in [0, 0.05) is 11.9 Å². The van der Waals surface area contributed by atoms with Gasteiger partial charge in [-0.05, 0) is 24.5 Å². The van der Waals surface area contributed by atoms with E-state index in [1.807, 2.05) is 12.2 Å². The van der Waals surface area contributed by atoms with Gasteiger partial charge in [-0.3, -0.25) is 0 Å². The minimum atomic E-state index is -0.545. The largest absolute Gasteiger partial charge is 0.207 e. The van der Waals surface area contributed by atoms with Crippen molar-refractivity contribution in [3.63, 3.8) is 0 Å². The number of hydrogen-bond donors (Lipinski definition) is 0. The molecule has 0 radical (unpaired) electrons. The van der Waals surface area contributed by atoms with Crippen LogP contribution in [0.3, 0.4) is 0 Å². The highest BCUT2D eigenvalue weighted by atomic mass is 35.5. The topological polar surface area (TPSA) is 0 Å². The Hall–Kier alpha value is -0.890. The van der Waals surface area contributed by atoms with E-state index in [0.29, 0.717) is 17.9 Å². The molecule has 14 heavy (non-hydrogen) atoms. The van der Waals surface area contributed by atoms with Gasteiger partial charge in [-0.25, -0.2) is 8.78 Å². The summed E-state index contributed by atoms with van der Waals surface area (Å²) in [6.45, 7) is 0. The van der Waals surface area contributed by atoms with Crippen LogP contribution in [0.2, 0.25) is 0 Å². The van der Waals surface area contributed by atoms with Crippen LogP contribution < -0.4 is 0 Å². The summed E-state index contributed by atoms with van der Waals surface area (Å²) in [5, 5.41) is 0. The number of benzene rings is 1. The van der Waals surface area contributed by atoms with Gasteiger partial charge >= 0.3 is 0 Å². The highest BCUT2D eigenvalue weighted by Crippen LogP contribution is 2.10. The van der Waals surface area contributed by atoms with E-state index in [2.05, 4.69) is 0 Å². The predicted molar refractivity (Wildman–Crippen MR) is 54.5 cm³/mol. The van der Waals surface area contributed by atoms with Gasteiger partial charge in [0.15, 0.2) is 0 Å². The number of hydrogen-bond acceptors (Lipinski definition) is 0. The fourth-order valence-corrected chi connectivity index (χ4v) is 1.20. The summed E-state index contributed by atoms with van der Waals surface area (Å²) < 4.78 is 25.6. The van der Waals surface area contributed by atoms with E-state index in [4.69, 9.17) is 11.6 Å². The van der Waals surface area contributed by atoms with Gasteiger partial charge in [0.25, 0.3) is 0 Å². The predicted octanol–water partition coefficient (Wildman–Crippen LogP) is 3.69. The maximum absolute atomic E-state index is 13.1. The highest BCUT2D eigenvalue weighted by molar-refractivity contribution is 6.17. The van der Waals surface area contributed by atoms with Crippen LogP contribution in [0, 0.1) is 11.6 Å². The van der Waals surface area contributed by atoms with Crippen LogP contribution in [0.4, 0.5) is 8.78 Å². The number of alkyl halides is 1. The lowest BCUT2D eigenvalue weighted by Crippen LogP contribution is -1.89. The van der Waals surface area contributed by atoms with Crippen molar-refractivity contribution in [1.29, 1.82) is 0 Å². The molecule has 1 rings (SSSR count). The number of allylic oxidation sites excluding steroid dienone is 2. The third-order valence-corrected chi connectivity index (χ3v) is 2.01. The molecule has 1 aromatic rings. The van der Waals surface area contributed by atoms with Gasteiger partial charge < -0.3 is 0 Å². The average Bonchev–Trinajstić information content (AvgIpc) is 2.15. The molecular weight excluding hydrogens is 206 g/mol. The lowest BCUT2D eigenvalue weighted by atomic mass is 10.1. The van der Waals surface area contributed by atoms with Crippen molar-refractivity contribution in [1.82, 2.24) is 0 Å². The summed E-state index contributed by atoms with van der Waals surface area (Å²) >= 11 is 5.46. The maximum Gasteiger partial charge on any atom is 0.129 e. The zero-order valence-electron chi connectivity index (χ0n) is 7.64. The fourth-order valence-electron chi connectivity index (χ4n) is 1.08. The van der Waals surface area contributed by atoms with E-state index in [1.54, 1.807) is 0 Å². The maximum atomic E-state index is 13.1. The van der Waals surface area contributed by atoms with Crippen molar-refractivity contribution in [2.75, 3.05) is 5.88 Å². The Morgan fingerprint density at radius 1 is 1.21 bits per heavy atom. The monoisotopic (exact) mass is 216 g/mol. The first-order chi connectivity index (χ1) is 6.74. The first kappa shape index (κ1) is 11.2. The summed E-state index contributed by atoms with van der Waals surface area (Å²) in [7, 11) is 0. The third-order valence-electron chi connectivity index (χ3n) is 1.80. The molecule has 0 bridgehead atoms. The van der Waals surface area contributed by atoms with Crippen molar-refractivity contribution in [2.45, 2.75) is 12.8 Å². The molecule has 0 nitrogen and oxygen atoms in total. The van der Waals surface area contributed by atoms with Crippen LogP contribution in [0.1, 0.15) is 12.0 Å². The van der Waals surface area contributed by atoms with Crippen molar-refractivity contribution in [2.24, 2.45) is 0 Å². The SMILES string of the molecule is Fc1ccc(CC=CCCCl)c(F)c1. The summed E-state index contributed by atoms with van der Waals surface area (Å²) in [6, 6.07) is 3.61.